The van der Waals surface area contributed by atoms with Gasteiger partial charge in [-0.3, -0.25) is 4.98 Å². The maximum Gasteiger partial charge on any atom is 0.0867 e. The predicted molar refractivity (Wildman–Crippen MR) is 63.8 cm³/mol. The molecule has 3 nitrogen and oxygen atoms in total. The summed E-state index contributed by atoms with van der Waals surface area (Å²) in [6, 6.07) is 1.84. The van der Waals surface area contributed by atoms with Gasteiger partial charge in [0, 0.05) is 26.4 Å². The monoisotopic (exact) mass is 248 g/mol. The minimum atomic E-state index is 0.176. The van der Waals surface area contributed by atoms with Gasteiger partial charge in [0.1, 0.15) is 0 Å². The summed E-state index contributed by atoms with van der Waals surface area (Å²) in [7, 11) is 1.93. The average Bonchev–Trinajstić information content (AvgIpc) is 2.26. The normalized spacial score (nSPS) is 10.4. The Hall–Kier alpha value is -0.510. The summed E-state index contributed by atoms with van der Waals surface area (Å²) in [5.41, 5.74) is 1.59. The zero-order valence-electron chi connectivity index (χ0n) is 8.58. The molecule has 15 heavy (non-hydrogen) atoms. The Morgan fingerprint density at radius 1 is 1.53 bits per heavy atom. The van der Waals surface area contributed by atoms with E-state index in [-0.39, 0.29) is 6.61 Å². The molecule has 0 aromatic carbocycles. The number of alkyl halides is 1. The molecular weight excluding hydrogens is 235 g/mol. The molecule has 1 heterocycles. The van der Waals surface area contributed by atoms with Crippen molar-refractivity contribution in [3.63, 3.8) is 0 Å². The Bertz CT molecular complexity index is 320. The fourth-order valence-corrected chi connectivity index (χ4v) is 1.89. The largest absolute Gasteiger partial charge is 0.396 e. The molecule has 0 fully saturated rings. The van der Waals surface area contributed by atoms with Gasteiger partial charge in [0.25, 0.3) is 0 Å². The van der Waals surface area contributed by atoms with Gasteiger partial charge in [0.2, 0.25) is 0 Å². The highest BCUT2D eigenvalue weighted by Gasteiger charge is 2.09. The van der Waals surface area contributed by atoms with Crippen LogP contribution >= 0.6 is 23.2 Å². The van der Waals surface area contributed by atoms with E-state index in [1.807, 2.05) is 18.0 Å². The molecule has 0 aliphatic rings. The number of hydrogen-bond acceptors (Lipinski definition) is 3. The molecular formula is C10H14Cl2N2O. The maximum absolute atomic E-state index is 8.74. The van der Waals surface area contributed by atoms with Crippen molar-refractivity contribution < 1.29 is 5.11 Å². The second kappa shape index (κ2) is 6.16. The average molecular weight is 249 g/mol. The molecule has 84 valence electrons. The van der Waals surface area contributed by atoms with E-state index in [9.17, 15) is 0 Å². The molecule has 1 N–H and O–H groups in total. The van der Waals surface area contributed by atoms with E-state index in [4.69, 9.17) is 28.3 Å². The van der Waals surface area contributed by atoms with Crippen molar-refractivity contribution >= 4 is 28.9 Å². The van der Waals surface area contributed by atoms with Gasteiger partial charge in [0.15, 0.2) is 0 Å². The fraction of sp³-hybridized carbons (Fsp3) is 0.500. The van der Waals surface area contributed by atoms with Crippen LogP contribution in [0.5, 0.6) is 0 Å². The van der Waals surface area contributed by atoms with Gasteiger partial charge in [-0.05, 0) is 12.5 Å². The van der Waals surface area contributed by atoms with Gasteiger partial charge in [-0.15, -0.1) is 11.6 Å². The second-order valence-corrected chi connectivity index (χ2v) is 3.87. The van der Waals surface area contributed by atoms with Crippen LogP contribution < -0.4 is 4.90 Å². The molecule has 0 bridgehead atoms. The molecule has 1 aromatic rings. The van der Waals surface area contributed by atoms with E-state index in [1.165, 1.54) is 0 Å². The second-order valence-electron chi connectivity index (χ2n) is 3.22. The Morgan fingerprint density at radius 2 is 2.27 bits per heavy atom. The molecule has 0 saturated heterocycles. The standard InChI is InChI=1S/C10H14Cl2N2O/c1-14(5-2-6-15)9-3-4-13-8(7-11)10(9)12/h3-4,15H,2,5-7H2,1H3. The summed E-state index contributed by atoms with van der Waals surface area (Å²) in [6.45, 7) is 0.928. The molecule has 1 rings (SSSR count). The van der Waals surface area contributed by atoms with Gasteiger partial charge in [0.05, 0.1) is 22.3 Å². The van der Waals surface area contributed by atoms with Gasteiger partial charge in [-0.1, -0.05) is 11.6 Å². The van der Waals surface area contributed by atoms with E-state index >= 15 is 0 Å². The van der Waals surface area contributed by atoms with Crippen LogP contribution in [0.3, 0.4) is 0 Å². The summed E-state index contributed by atoms with van der Waals surface area (Å²) < 4.78 is 0. The van der Waals surface area contributed by atoms with E-state index in [0.717, 1.165) is 12.2 Å². The number of aliphatic hydroxyl groups is 1. The minimum absolute atomic E-state index is 0.176. The fourth-order valence-electron chi connectivity index (χ4n) is 1.29. The van der Waals surface area contributed by atoms with Crippen molar-refractivity contribution in [1.29, 1.82) is 0 Å². The van der Waals surface area contributed by atoms with Crippen LogP contribution in [0.15, 0.2) is 12.3 Å². The molecule has 0 unspecified atom stereocenters. The Balaban J connectivity index is 2.83. The summed E-state index contributed by atoms with van der Waals surface area (Å²) in [5.74, 6) is 0.306. The summed E-state index contributed by atoms with van der Waals surface area (Å²) in [4.78, 5) is 6.06. The highest BCUT2D eigenvalue weighted by atomic mass is 35.5. The Morgan fingerprint density at radius 3 is 2.87 bits per heavy atom. The number of nitrogens with zero attached hydrogens (tertiary/aromatic N) is 2. The summed E-state index contributed by atoms with van der Waals surface area (Å²) in [6.07, 6.45) is 2.40. The van der Waals surface area contributed by atoms with Crippen LogP contribution in [0, 0.1) is 0 Å². The van der Waals surface area contributed by atoms with Crippen LogP contribution in [0.4, 0.5) is 5.69 Å². The van der Waals surface area contributed by atoms with Gasteiger partial charge >= 0.3 is 0 Å². The first-order chi connectivity index (χ1) is 7.20. The van der Waals surface area contributed by atoms with E-state index in [0.29, 0.717) is 23.0 Å². The number of hydrogen-bond donors (Lipinski definition) is 1. The first-order valence-corrected chi connectivity index (χ1v) is 5.63. The van der Waals surface area contributed by atoms with E-state index in [1.54, 1.807) is 6.20 Å². The first kappa shape index (κ1) is 12.6. The van der Waals surface area contributed by atoms with Crippen molar-refractivity contribution in [3.8, 4) is 0 Å². The Labute approximate surface area is 99.6 Å². The van der Waals surface area contributed by atoms with Crippen LogP contribution in [0.25, 0.3) is 0 Å². The molecule has 1 aromatic heterocycles. The highest BCUT2D eigenvalue weighted by Crippen LogP contribution is 2.27. The Kier molecular flexibility index (Phi) is 5.15. The van der Waals surface area contributed by atoms with Crippen molar-refractivity contribution in [2.75, 3.05) is 25.1 Å². The van der Waals surface area contributed by atoms with Crippen molar-refractivity contribution in [3.05, 3.63) is 23.0 Å². The topological polar surface area (TPSA) is 36.4 Å². The number of pyridine rings is 1. The third-order valence-corrected chi connectivity index (χ3v) is 2.80. The number of aliphatic hydroxyl groups excluding tert-OH is 1. The zero-order valence-corrected chi connectivity index (χ0v) is 10.1. The SMILES string of the molecule is CN(CCCO)c1ccnc(CCl)c1Cl. The third kappa shape index (κ3) is 3.23. The maximum atomic E-state index is 8.74. The van der Waals surface area contributed by atoms with Crippen LogP contribution in [0.1, 0.15) is 12.1 Å². The highest BCUT2D eigenvalue weighted by molar-refractivity contribution is 6.34. The van der Waals surface area contributed by atoms with Gasteiger partial charge < -0.3 is 10.0 Å². The number of anilines is 1. The lowest BCUT2D eigenvalue weighted by Crippen LogP contribution is -2.20. The molecule has 0 saturated carbocycles. The van der Waals surface area contributed by atoms with Crippen molar-refractivity contribution in [2.24, 2.45) is 0 Å². The van der Waals surface area contributed by atoms with Gasteiger partial charge in [-0.25, -0.2) is 0 Å². The number of aromatic nitrogens is 1. The minimum Gasteiger partial charge on any atom is -0.396 e. The van der Waals surface area contributed by atoms with Crippen LogP contribution in [-0.2, 0) is 5.88 Å². The van der Waals surface area contributed by atoms with E-state index in [2.05, 4.69) is 4.98 Å². The molecule has 0 spiro atoms. The van der Waals surface area contributed by atoms with Crippen LogP contribution in [-0.4, -0.2) is 30.3 Å². The van der Waals surface area contributed by atoms with Crippen molar-refractivity contribution in [1.82, 2.24) is 4.98 Å². The summed E-state index contributed by atoms with van der Waals surface area (Å²) in [5, 5.41) is 9.33. The number of rotatable bonds is 5. The molecule has 0 aliphatic carbocycles. The van der Waals surface area contributed by atoms with Gasteiger partial charge in [-0.2, -0.15) is 0 Å². The van der Waals surface area contributed by atoms with E-state index < -0.39 is 0 Å². The zero-order chi connectivity index (χ0) is 11.3. The molecule has 0 aliphatic heterocycles. The molecule has 0 amide bonds. The third-order valence-electron chi connectivity index (χ3n) is 2.13. The first-order valence-electron chi connectivity index (χ1n) is 4.72. The predicted octanol–water partition coefficient (Wildman–Crippen LogP) is 2.29. The molecule has 0 radical (unpaired) electrons. The number of halogens is 2. The van der Waals surface area contributed by atoms with Crippen molar-refractivity contribution in [2.45, 2.75) is 12.3 Å². The van der Waals surface area contributed by atoms with Crippen LogP contribution in [0.2, 0.25) is 5.02 Å². The summed E-state index contributed by atoms with van der Waals surface area (Å²) >= 11 is 11.8. The lowest BCUT2D eigenvalue weighted by atomic mass is 10.3. The lowest BCUT2D eigenvalue weighted by Gasteiger charge is -2.20. The molecule has 5 heteroatoms. The smallest absolute Gasteiger partial charge is 0.0867 e. The quantitative estimate of drug-likeness (QED) is 0.813. The molecule has 0 atom stereocenters. The lowest BCUT2D eigenvalue weighted by molar-refractivity contribution is 0.290.